The first kappa shape index (κ1) is 2.78. The lowest BCUT2D eigenvalue weighted by atomic mass is 11.3. The molecule has 0 aliphatic carbocycles. The third-order valence-corrected chi connectivity index (χ3v) is 0.298. The van der Waals surface area contributed by atoms with Crippen molar-refractivity contribution in [1.82, 2.24) is 0 Å². The second-order valence-electron chi connectivity index (χ2n) is 0.606. The van der Waals surface area contributed by atoms with Gasteiger partial charge < -0.3 is 4.74 Å². The van der Waals surface area contributed by atoms with Crippen LogP contribution in [-0.4, -0.2) is 6.73 Å². The number of nitrogens with zero attached hydrogens (tertiary/aromatic N) is 2. The van der Waals surface area contributed by atoms with E-state index in [2.05, 4.69) is 21.7 Å². The minimum absolute atomic E-state index is 0.347. The highest BCUT2D eigenvalue weighted by Gasteiger charge is 1.89. The van der Waals surface area contributed by atoms with Crippen molar-refractivity contribution in [1.29, 1.82) is 0 Å². The van der Waals surface area contributed by atoms with Crippen LogP contribution < -0.4 is 0 Å². The molecule has 0 amide bonds. The molecule has 3 nitrogen and oxygen atoms in total. The molecule has 1 rings (SSSR count). The van der Waals surface area contributed by atoms with Gasteiger partial charge in [0.1, 0.15) is 0 Å². The smallest absolute Gasteiger partial charge is 0.295 e. The summed E-state index contributed by atoms with van der Waals surface area (Å²) in [5.74, 6) is 0. The molecule has 0 unspecified atom stereocenters. The zero-order valence-corrected chi connectivity index (χ0v) is 2.51. The molecule has 0 spiro atoms. The molecule has 2 radical (unpaired) electrons. The summed E-state index contributed by atoms with van der Waals surface area (Å²) < 4.78 is 4.36. The Morgan fingerprint density at radius 1 is 1.80 bits per heavy atom. The molecular formula is C2H2N2O. The summed E-state index contributed by atoms with van der Waals surface area (Å²) in [7, 11) is 0. The molecule has 0 N–H and O–H groups in total. The van der Waals surface area contributed by atoms with Crippen LogP contribution in [0.2, 0.25) is 0 Å². The van der Waals surface area contributed by atoms with Gasteiger partial charge in [0.05, 0.1) is 0 Å². The Morgan fingerprint density at radius 2 is 2.80 bits per heavy atom. The summed E-state index contributed by atoms with van der Waals surface area (Å²) in [4.78, 5) is 0. The van der Waals surface area contributed by atoms with Crippen LogP contribution in [0.5, 0.6) is 0 Å². The quantitative estimate of drug-likeness (QED) is 0.406. The second-order valence-corrected chi connectivity index (χ2v) is 0.606. The summed E-state index contributed by atoms with van der Waals surface area (Å²) in [6, 6.07) is 0. The Morgan fingerprint density at radius 3 is 3.00 bits per heavy atom. The van der Waals surface area contributed by atoms with Gasteiger partial charge in [-0.15, -0.1) is 5.11 Å². The first-order chi connectivity index (χ1) is 2.50. The highest BCUT2D eigenvalue weighted by atomic mass is 16.5. The van der Waals surface area contributed by atoms with E-state index in [0.717, 1.165) is 0 Å². The maximum atomic E-state index is 4.36. The lowest BCUT2D eigenvalue weighted by molar-refractivity contribution is 0.245. The monoisotopic (exact) mass is 70.0 g/mol. The Balaban J connectivity index is 2.32. The normalized spacial score (nSPS) is 20.8. The third kappa shape index (κ3) is 0.417. The van der Waals surface area contributed by atoms with E-state index in [9.17, 15) is 0 Å². The molecule has 5 heavy (non-hydrogen) atoms. The molecule has 1 aliphatic heterocycles. The van der Waals surface area contributed by atoms with Crippen molar-refractivity contribution in [3.8, 4) is 0 Å². The van der Waals surface area contributed by atoms with Crippen LogP contribution in [0, 0.1) is 6.73 Å². The number of ether oxygens (including phenoxy) is 1. The maximum absolute atomic E-state index is 4.36. The Hall–Kier alpha value is -0.440. The fraction of sp³-hybridized carbons (Fsp3) is 0.500. The summed E-state index contributed by atoms with van der Waals surface area (Å²) in [6.07, 6.45) is 0. The van der Waals surface area contributed by atoms with Gasteiger partial charge in [0.15, 0.2) is 6.73 Å². The second kappa shape index (κ2) is 1.12. The summed E-state index contributed by atoms with van der Waals surface area (Å²) in [5.41, 5.74) is 0. The average molecular weight is 70.1 g/mol. The molecule has 1 aliphatic rings. The van der Waals surface area contributed by atoms with E-state index < -0.39 is 0 Å². The third-order valence-electron chi connectivity index (χ3n) is 0.298. The van der Waals surface area contributed by atoms with Crippen molar-refractivity contribution >= 4 is 0 Å². The van der Waals surface area contributed by atoms with Gasteiger partial charge in [-0.25, -0.2) is 0 Å². The van der Waals surface area contributed by atoms with Crippen molar-refractivity contribution in [2.75, 3.05) is 6.73 Å². The van der Waals surface area contributed by atoms with E-state index in [1.165, 1.54) is 0 Å². The van der Waals surface area contributed by atoms with Gasteiger partial charge in [0, 0.05) is 0 Å². The molecule has 0 saturated carbocycles. The molecular weight excluding hydrogens is 68.0 g/mol. The predicted molar refractivity (Wildman–Crippen MR) is 14.1 cm³/mol. The van der Waals surface area contributed by atoms with E-state index in [0.29, 0.717) is 6.73 Å². The molecule has 0 aromatic carbocycles. The van der Waals surface area contributed by atoms with Crippen molar-refractivity contribution < 1.29 is 4.74 Å². The van der Waals surface area contributed by atoms with Crippen LogP contribution >= 0.6 is 0 Å². The topological polar surface area (TPSA) is 34.0 Å². The Kier molecular flexibility index (Phi) is 0.624. The minimum atomic E-state index is 0.347. The first-order valence-electron chi connectivity index (χ1n) is 1.23. The highest BCUT2D eigenvalue weighted by molar-refractivity contribution is 4.43. The SMILES string of the molecule is [C]1N=NCO1. The lowest BCUT2D eigenvalue weighted by Crippen LogP contribution is -1.70. The number of hydrogen-bond donors (Lipinski definition) is 0. The van der Waals surface area contributed by atoms with Gasteiger partial charge in [0.25, 0.3) is 6.73 Å². The number of azo groups is 1. The van der Waals surface area contributed by atoms with Gasteiger partial charge in [0.2, 0.25) is 0 Å². The average Bonchev–Trinajstić information content (AvgIpc) is 1.76. The summed E-state index contributed by atoms with van der Waals surface area (Å²) in [5, 5.41) is 6.61. The van der Waals surface area contributed by atoms with E-state index in [-0.39, 0.29) is 0 Å². The standard InChI is InChI=1S/C2H2N2O/c1-3-4-2-5-1/h1H2. The largest absolute Gasteiger partial charge is 0.319 e. The zero-order valence-electron chi connectivity index (χ0n) is 2.51. The maximum Gasteiger partial charge on any atom is 0.295 e. The van der Waals surface area contributed by atoms with E-state index in [1.807, 2.05) is 0 Å². The van der Waals surface area contributed by atoms with Crippen LogP contribution in [0.1, 0.15) is 0 Å². The van der Waals surface area contributed by atoms with Crippen LogP contribution in [0.4, 0.5) is 0 Å². The van der Waals surface area contributed by atoms with E-state index in [4.69, 9.17) is 0 Å². The van der Waals surface area contributed by atoms with E-state index >= 15 is 0 Å². The molecule has 0 aromatic heterocycles. The summed E-state index contributed by atoms with van der Waals surface area (Å²) >= 11 is 0. The van der Waals surface area contributed by atoms with Crippen molar-refractivity contribution in [3.05, 3.63) is 6.73 Å². The molecule has 0 bridgehead atoms. The lowest BCUT2D eigenvalue weighted by Gasteiger charge is -1.69. The zero-order chi connectivity index (χ0) is 3.54. The van der Waals surface area contributed by atoms with Crippen LogP contribution in [0.25, 0.3) is 0 Å². The number of hydrogen-bond acceptors (Lipinski definition) is 3. The molecule has 0 saturated heterocycles. The van der Waals surface area contributed by atoms with Crippen molar-refractivity contribution in [2.45, 2.75) is 0 Å². The number of rotatable bonds is 0. The highest BCUT2D eigenvalue weighted by Crippen LogP contribution is 1.93. The van der Waals surface area contributed by atoms with Crippen LogP contribution in [0.15, 0.2) is 10.2 Å². The molecule has 0 aromatic rings. The van der Waals surface area contributed by atoms with Gasteiger partial charge >= 0.3 is 0 Å². The fourth-order valence-electron chi connectivity index (χ4n) is 0.144. The van der Waals surface area contributed by atoms with Crippen molar-refractivity contribution in [2.24, 2.45) is 10.2 Å². The van der Waals surface area contributed by atoms with Gasteiger partial charge in [-0.1, -0.05) is 0 Å². The molecule has 0 fully saturated rings. The van der Waals surface area contributed by atoms with Crippen LogP contribution in [0.3, 0.4) is 0 Å². The fourth-order valence-corrected chi connectivity index (χ4v) is 0.144. The van der Waals surface area contributed by atoms with Crippen LogP contribution in [-0.2, 0) is 4.74 Å². The first-order valence-corrected chi connectivity index (χ1v) is 1.23. The molecule has 3 heteroatoms. The van der Waals surface area contributed by atoms with Gasteiger partial charge in [-0.05, 0) is 0 Å². The predicted octanol–water partition coefficient (Wildman–Crippen LogP) is 0.423. The minimum Gasteiger partial charge on any atom is -0.319 e. The van der Waals surface area contributed by atoms with E-state index in [1.54, 1.807) is 0 Å². The Bertz CT molecular complexity index is 45.6. The molecule has 1 heterocycles. The summed E-state index contributed by atoms with van der Waals surface area (Å²) in [6.45, 7) is 2.53. The molecule has 0 atom stereocenters. The van der Waals surface area contributed by atoms with Gasteiger partial charge in [-0.3, -0.25) is 0 Å². The van der Waals surface area contributed by atoms with Gasteiger partial charge in [-0.2, -0.15) is 5.11 Å². The van der Waals surface area contributed by atoms with Crippen molar-refractivity contribution in [3.63, 3.8) is 0 Å². The molecule has 26 valence electrons. The Labute approximate surface area is 29.7 Å².